The summed E-state index contributed by atoms with van der Waals surface area (Å²) < 4.78 is 0. The molecule has 1 N–H and O–H groups in total. The minimum absolute atomic E-state index is 0.365. The number of hydrogen-bond donors (Lipinski definition) is 1. The molecule has 1 saturated heterocycles. The first kappa shape index (κ1) is 14.6. The molecular weight excluding hydrogens is 260 g/mol. The molecule has 3 heteroatoms. The second-order valence-corrected chi connectivity index (χ2v) is 6.63. The first-order chi connectivity index (χ1) is 10.1. The quantitative estimate of drug-likeness (QED) is 0.923. The summed E-state index contributed by atoms with van der Waals surface area (Å²) in [6.45, 7) is 7.17. The number of rotatable bonds is 4. The van der Waals surface area contributed by atoms with E-state index in [1.807, 2.05) is 0 Å². The van der Waals surface area contributed by atoms with Crippen molar-refractivity contribution in [2.24, 2.45) is 5.92 Å². The molecule has 1 aliphatic heterocycles. The van der Waals surface area contributed by atoms with Gasteiger partial charge in [-0.15, -0.1) is 0 Å². The van der Waals surface area contributed by atoms with Crippen molar-refractivity contribution < 1.29 is 4.79 Å². The van der Waals surface area contributed by atoms with Crippen LogP contribution in [0.4, 0.5) is 0 Å². The lowest BCUT2D eigenvalue weighted by Crippen LogP contribution is -2.45. The van der Waals surface area contributed by atoms with Gasteiger partial charge in [-0.2, -0.15) is 0 Å². The van der Waals surface area contributed by atoms with Crippen LogP contribution >= 0.6 is 0 Å². The van der Waals surface area contributed by atoms with Gasteiger partial charge < -0.3 is 10.2 Å². The predicted molar refractivity (Wildman–Crippen MR) is 85.1 cm³/mol. The molecule has 2 aliphatic rings. The molecule has 0 aromatic heterocycles. The third-order valence-electron chi connectivity index (χ3n) is 4.95. The monoisotopic (exact) mass is 286 g/mol. The van der Waals surface area contributed by atoms with Gasteiger partial charge in [0.2, 0.25) is 5.91 Å². The summed E-state index contributed by atoms with van der Waals surface area (Å²) in [5.41, 5.74) is 4.15. The zero-order valence-electron chi connectivity index (χ0n) is 13.2. The van der Waals surface area contributed by atoms with Gasteiger partial charge in [0.15, 0.2) is 0 Å². The molecule has 21 heavy (non-hydrogen) atoms. The molecule has 1 amide bonds. The highest BCUT2D eigenvalue weighted by Gasteiger charge is 2.34. The molecule has 0 spiro atoms. The lowest BCUT2D eigenvalue weighted by atomic mass is 10.0. The Morgan fingerprint density at radius 2 is 1.76 bits per heavy atom. The Morgan fingerprint density at radius 3 is 2.33 bits per heavy atom. The maximum atomic E-state index is 12.0. The van der Waals surface area contributed by atoms with Crippen molar-refractivity contribution in [3.8, 4) is 0 Å². The van der Waals surface area contributed by atoms with Crippen LogP contribution in [0.15, 0.2) is 18.2 Å². The van der Waals surface area contributed by atoms with Gasteiger partial charge in [-0.25, -0.2) is 0 Å². The third-order valence-corrected chi connectivity index (χ3v) is 4.95. The standard InChI is InChI=1S/C18H26N2O/c1-13-4-3-5-14(2)17(13)12-19-16-8-10-20(11-9-16)18(21)15-6-7-15/h3-5,15-16,19H,6-12H2,1-2H3. The van der Waals surface area contributed by atoms with Crippen LogP contribution in [-0.4, -0.2) is 29.9 Å². The van der Waals surface area contributed by atoms with E-state index in [9.17, 15) is 4.79 Å². The third kappa shape index (κ3) is 3.46. The van der Waals surface area contributed by atoms with E-state index in [2.05, 4.69) is 42.3 Å². The minimum Gasteiger partial charge on any atom is -0.342 e. The fourth-order valence-electron chi connectivity index (χ4n) is 3.27. The molecule has 1 aliphatic carbocycles. The number of carbonyl (C=O) groups excluding carboxylic acids is 1. The van der Waals surface area contributed by atoms with E-state index in [0.717, 1.165) is 45.3 Å². The van der Waals surface area contributed by atoms with Gasteiger partial charge in [0, 0.05) is 31.6 Å². The Bertz CT molecular complexity index is 494. The van der Waals surface area contributed by atoms with E-state index in [1.54, 1.807) is 0 Å². The molecule has 1 aromatic rings. The van der Waals surface area contributed by atoms with Crippen molar-refractivity contribution in [2.45, 2.75) is 52.1 Å². The van der Waals surface area contributed by atoms with E-state index in [-0.39, 0.29) is 0 Å². The van der Waals surface area contributed by atoms with Crippen molar-refractivity contribution in [3.05, 3.63) is 34.9 Å². The van der Waals surface area contributed by atoms with Crippen molar-refractivity contribution in [1.82, 2.24) is 10.2 Å². The van der Waals surface area contributed by atoms with Crippen molar-refractivity contribution in [3.63, 3.8) is 0 Å². The molecule has 3 rings (SSSR count). The normalized spacial score (nSPS) is 19.8. The topological polar surface area (TPSA) is 32.3 Å². The van der Waals surface area contributed by atoms with Gasteiger partial charge in [0.05, 0.1) is 0 Å². The summed E-state index contributed by atoms with van der Waals surface area (Å²) in [7, 11) is 0. The predicted octanol–water partition coefficient (Wildman–Crippen LogP) is 2.79. The molecule has 0 radical (unpaired) electrons. The molecular formula is C18H26N2O. The van der Waals surface area contributed by atoms with Gasteiger partial charge >= 0.3 is 0 Å². The number of piperidine rings is 1. The highest BCUT2D eigenvalue weighted by atomic mass is 16.2. The first-order valence-electron chi connectivity index (χ1n) is 8.22. The van der Waals surface area contributed by atoms with Gasteiger partial charge in [0.1, 0.15) is 0 Å². The van der Waals surface area contributed by atoms with E-state index < -0.39 is 0 Å². The molecule has 1 saturated carbocycles. The number of amides is 1. The van der Waals surface area contributed by atoms with Crippen LogP contribution in [0.25, 0.3) is 0 Å². The lowest BCUT2D eigenvalue weighted by Gasteiger charge is -2.33. The lowest BCUT2D eigenvalue weighted by molar-refractivity contribution is -0.133. The molecule has 2 fully saturated rings. The molecule has 0 atom stereocenters. The molecule has 114 valence electrons. The Kier molecular flexibility index (Phi) is 4.29. The number of nitrogens with one attached hydrogen (secondary N) is 1. The van der Waals surface area contributed by atoms with Crippen LogP contribution in [0.5, 0.6) is 0 Å². The van der Waals surface area contributed by atoms with E-state index in [1.165, 1.54) is 16.7 Å². The van der Waals surface area contributed by atoms with Crippen LogP contribution in [0, 0.1) is 19.8 Å². The largest absolute Gasteiger partial charge is 0.342 e. The molecule has 3 nitrogen and oxygen atoms in total. The number of likely N-dealkylation sites (tertiary alicyclic amines) is 1. The molecule has 1 aromatic carbocycles. The smallest absolute Gasteiger partial charge is 0.225 e. The van der Waals surface area contributed by atoms with Crippen LogP contribution in [0.2, 0.25) is 0 Å². The average Bonchev–Trinajstić information content (AvgIpc) is 3.31. The van der Waals surface area contributed by atoms with Crippen LogP contribution in [-0.2, 0) is 11.3 Å². The van der Waals surface area contributed by atoms with E-state index in [4.69, 9.17) is 0 Å². The van der Waals surface area contributed by atoms with Gasteiger partial charge in [0.25, 0.3) is 0 Å². The van der Waals surface area contributed by atoms with Gasteiger partial charge in [-0.3, -0.25) is 4.79 Å². The van der Waals surface area contributed by atoms with Gasteiger partial charge in [-0.05, 0) is 56.2 Å². The number of nitrogens with zero attached hydrogens (tertiary/aromatic N) is 1. The van der Waals surface area contributed by atoms with E-state index in [0.29, 0.717) is 17.9 Å². The SMILES string of the molecule is Cc1cccc(C)c1CNC1CCN(C(=O)C2CC2)CC1. The summed E-state index contributed by atoms with van der Waals surface area (Å²) in [6.07, 6.45) is 4.40. The minimum atomic E-state index is 0.365. The Balaban J connectivity index is 1.48. The van der Waals surface area contributed by atoms with Gasteiger partial charge in [-0.1, -0.05) is 18.2 Å². The molecule has 1 heterocycles. The van der Waals surface area contributed by atoms with E-state index >= 15 is 0 Å². The van der Waals surface area contributed by atoms with Crippen molar-refractivity contribution >= 4 is 5.91 Å². The Hall–Kier alpha value is -1.35. The summed E-state index contributed by atoms with van der Waals surface area (Å²) in [5.74, 6) is 0.771. The first-order valence-corrected chi connectivity index (χ1v) is 8.22. The maximum Gasteiger partial charge on any atom is 0.225 e. The Labute approximate surface area is 127 Å². The summed E-state index contributed by atoms with van der Waals surface area (Å²) in [6, 6.07) is 7.03. The fourth-order valence-corrected chi connectivity index (χ4v) is 3.27. The Morgan fingerprint density at radius 1 is 1.14 bits per heavy atom. The van der Waals surface area contributed by atoms with Crippen LogP contribution < -0.4 is 5.32 Å². The average molecular weight is 286 g/mol. The van der Waals surface area contributed by atoms with Crippen molar-refractivity contribution in [1.29, 1.82) is 0 Å². The summed E-state index contributed by atoms with van der Waals surface area (Å²) >= 11 is 0. The zero-order valence-corrected chi connectivity index (χ0v) is 13.2. The fraction of sp³-hybridized carbons (Fsp3) is 0.611. The van der Waals surface area contributed by atoms with Crippen LogP contribution in [0.3, 0.4) is 0 Å². The zero-order chi connectivity index (χ0) is 14.8. The number of benzene rings is 1. The number of hydrogen-bond acceptors (Lipinski definition) is 2. The summed E-state index contributed by atoms with van der Waals surface area (Å²) in [4.78, 5) is 14.1. The second-order valence-electron chi connectivity index (χ2n) is 6.63. The second kappa shape index (κ2) is 6.18. The number of carbonyl (C=O) groups is 1. The highest BCUT2D eigenvalue weighted by molar-refractivity contribution is 5.81. The van der Waals surface area contributed by atoms with Crippen LogP contribution in [0.1, 0.15) is 42.4 Å². The molecule has 0 unspecified atom stereocenters. The maximum absolute atomic E-state index is 12.0. The highest BCUT2D eigenvalue weighted by Crippen LogP contribution is 2.31. The number of aryl methyl sites for hydroxylation is 2. The van der Waals surface area contributed by atoms with Crippen molar-refractivity contribution in [2.75, 3.05) is 13.1 Å². The molecule has 0 bridgehead atoms. The summed E-state index contributed by atoms with van der Waals surface area (Å²) in [5, 5.41) is 3.69.